The molecule has 1 aromatic heterocycles. The van der Waals surface area contributed by atoms with Crippen molar-refractivity contribution in [1.29, 1.82) is 0 Å². The molecule has 2 aromatic carbocycles. The number of methoxy groups -OCH3 is 1. The van der Waals surface area contributed by atoms with Crippen LogP contribution in [0.2, 0.25) is 5.02 Å². The fourth-order valence-electron chi connectivity index (χ4n) is 2.05. The smallest absolute Gasteiger partial charge is 0.153 e. The molecule has 0 unspecified atom stereocenters. The first-order chi connectivity index (χ1) is 9.20. The second-order valence-corrected chi connectivity index (χ2v) is 4.24. The number of hydrogen-bond donors (Lipinski definition) is 1. The van der Waals surface area contributed by atoms with Crippen LogP contribution in [0.3, 0.4) is 0 Å². The Bertz CT molecular complexity index is 719. The van der Waals surface area contributed by atoms with Crippen molar-refractivity contribution in [2.24, 2.45) is 0 Å². The number of benzene rings is 2. The molecule has 4 heteroatoms. The van der Waals surface area contributed by atoms with Crippen molar-refractivity contribution < 1.29 is 9.15 Å². The third-order valence-corrected chi connectivity index (χ3v) is 3.02. The first-order valence-corrected chi connectivity index (χ1v) is 6.52. The summed E-state index contributed by atoms with van der Waals surface area (Å²) in [6.45, 7) is 4.00. The molecule has 0 radical (unpaired) electrons. The highest BCUT2D eigenvalue weighted by molar-refractivity contribution is 6.31. The molecule has 0 amide bonds. The molecule has 3 aromatic rings. The van der Waals surface area contributed by atoms with E-state index >= 15 is 0 Å². The van der Waals surface area contributed by atoms with E-state index in [4.69, 9.17) is 26.5 Å². The zero-order valence-electron chi connectivity index (χ0n) is 11.2. The highest BCUT2D eigenvalue weighted by Gasteiger charge is 2.14. The van der Waals surface area contributed by atoms with Crippen LogP contribution in [0.5, 0.6) is 5.75 Å². The number of nitrogen functional groups attached to an aromatic ring is 1. The van der Waals surface area contributed by atoms with Crippen molar-refractivity contribution in [3.05, 3.63) is 35.4 Å². The first-order valence-electron chi connectivity index (χ1n) is 6.15. The van der Waals surface area contributed by atoms with Crippen LogP contribution in [0.25, 0.3) is 21.9 Å². The van der Waals surface area contributed by atoms with Crippen molar-refractivity contribution >= 4 is 39.2 Å². The van der Waals surface area contributed by atoms with Crippen LogP contribution >= 0.6 is 11.6 Å². The molecule has 0 saturated carbocycles. The topological polar surface area (TPSA) is 48.4 Å². The van der Waals surface area contributed by atoms with E-state index in [2.05, 4.69) is 0 Å². The summed E-state index contributed by atoms with van der Waals surface area (Å²) in [4.78, 5) is 0. The van der Waals surface area contributed by atoms with Crippen LogP contribution < -0.4 is 10.5 Å². The molecule has 100 valence electrons. The summed E-state index contributed by atoms with van der Waals surface area (Å²) in [6, 6.07) is 9.12. The molecule has 0 saturated heterocycles. The van der Waals surface area contributed by atoms with E-state index in [9.17, 15) is 0 Å². The maximum atomic E-state index is 5.94. The molecule has 0 fully saturated rings. The summed E-state index contributed by atoms with van der Waals surface area (Å²) in [7, 11) is 1.60. The molecule has 0 bridgehead atoms. The number of nitrogens with two attached hydrogens (primary N) is 1. The third-order valence-electron chi connectivity index (χ3n) is 2.79. The van der Waals surface area contributed by atoms with Crippen molar-refractivity contribution in [2.75, 3.05) is 12.8 Å². The molecule has 3 rings (SSSR count). The van der Waals surface area contributed by atoms with Gasteiger partial charge in [-0.25, -0.2) is 0 Å². The zero-order valence-corrected chi connectivity index (χ0v) is 11.9. The number of hydrogen-bond acceptors (Lipinski definition) is 3. The van der Waals surface area contributed by atoms with Gasteiger partial charge in [-0.2, -0.15) is 0 Å². The van der Waals surface area contributed by atoms with Crippen LogP contribution in [0.4, 0.5) is 5.69 Å². The van der Waals surface area contributed by atoms with Gasteiger partial charge in [0, 0.05) is 16.5 Å². The van der Waals surface area contributed by atoms with Crippen LogP contribution in [0, 0.1) is 0 Å². The van der Waals surface area contributed by atoms with Gasteiger partial charge in [0.15, 0.2) is 5.75 Å². The van der Waals surface area contributed by atoms with E-state index in [1.54, 1.807) is 19.2 Å². The quantitative estimate of drug-likeness (QED) is 0.646. The fraction of sp³-hybridized carbons (Fsp3) is 0.200. The lowest BCUT2D eigenvalue weighted by molar-refractivity contribution is 0.422. The van der Waals surface area contributed by atoms with E-state index in [0.29, 0.717) is 16.5 Å². The maximum Gasteiger partial charge on any atom is 0.153 e. The number of anilines is 1. The van der Waals surface area contributed by atoms with Crippen LogP contribution in [0.15, 0.2) is 34.7 Å². The molecule has 0 spiro atoms. The van der Waals surface area contributed by atoms with Gasteiger partial charge in [-0.15, -0.1) is 0 Å². The van der Waals surface area contributed by atoms with Crippen molar-refractivity contribution in [3.8, 4) is 5.75 Å². The van der Waals surface area contributed by atoms with Crippen LogP contribution in [-0.4, -0.2) is 7.11 Å². The molecule has 2 N–H and O–H groups in total. The van der Waals surface area contributed by atoms with Crippen LogP contribution in [-0.2, 0) is 0 Å². The zero-order chi connectivity index (χ0) is 14.0. The summed E-state index contributed by atoms with van der Waals surface area (Å²) < 4.78 is 11.0. The number of furan rings is 1. The van der Waals surface area contributed by atoms with Gasteiger partial charge < -0.3 is 14.9 Å². The Kier molecular flexibility index (Phi) is 3.86. The minimum absolute atomic E-state index is 0.595. The van der Waals surface area contributed by atoms with Gasteiger partial charge in [-0.05, 0) is 24.3 Å². The number of rotatable bonds is 1. The molecule has 0 aliphatic rings. The Morgan fingerprint density at radius 2 is 1.84 bits per heavy atom. The van der Waals surface area contributed by atoms with Crippen LogP contribution in [0.1, 0.15) is 13.8 Å². The third kappa shape index (κ3) is 2.22. The van der Waals surface area contributed by atoms with E-state index in [1.165, 1.54) is 0 Å². The summed E-state index contributed by atoms with van der Waals surface area (Å²) in [6.07, 6.45) is 0. The maximum absolute atomic E-state index is 5.94. The second-order valence-electron chi connectivity index (χ2n) is 3.80. The summed E-state index contributed by atoms with van der Waals surface area (Å²) in [5.41, 5.74) is 7.96. The highest BCUT2D eigenvalue weighted by atomic mass is 35.5. The average molecular weight is 278 g/mol. The molecule has 0 atom stereocenters. The van der Waals surface area contributed by atoms with Gasteiger partial charge in [0.2, 0.25) is 0 Å². The van der Waals surface area contributed by atoms with Gasteiger partial charge in [-0.1, -0.05) is 25.4 Å². The van der Waals surface area contributed by atoms with E-state index in [1.807, 2.05) is 32.0 Å². The minimum atomic E-state index is 0.595. The number of halogens is 1. The minimum Gasteiger partial charge on any atom is -0.494 e. The highest BCUT2D eigenvalue weighted by Crippen LogP contribution is 2.39. The first kappa shape index (κ1) is 13.6. The molecular formula is C15H16ClNO2. The Hall–Kier alpha value is -1.87. The van der Waals surface area contributed by atoms with Gasteiger partial charge in [0.1, 0.15) is 11.2 Å². The monoisotopic (exact) mass is 277 g/mol. The van der Waals surface area contributed by atoms with Gasteiger partial charge in [0.05, 0.1) is 18.2 Å². The lowest BCUT2D eigenvalue weighted by Crippen LogP contribution is -1.91. The summed E-state index contributed by atoms with van der Waals surface area (Å²) in [5, 5.41) is 2.48. The molecule has 0 aliphatic heterocycles. The predicted octanol–water partition coefficient (Wildman–Crippen LogP) is 4.86. The fourth-order valence-corrected chi connectivity index (χ4v) is 2.21. The van der Waals surface area contributed by atoms with Gasteiger partial charge in [-0.3, -0.25) is 0 Å². The Labute approximate surface area is 116 Å². The second kappa shape index (κ2) is 5.41. The molecule has 1 heterocycles. The number of fused-ring (bicyclic) bond motifs is 3. The Balaban J connectivity index is 0.000000637. The van der Waals surface area contributed by atoms with Crippen molar-refractivity contribution in [1.82, 2.24) is 0 Å². The summed E-state index contributed by atoms with van der Waals surface area (Å²) >= 11 is 5.94. The average Bonchev–Trinajstić information content (AvgIpc) is 2.78. The Morgan fingerprint density at radius 3 is 2.53 bits per heavy atom. The lowest BCUT2D eigenvalue weighted by Gasteiger charge is -2.04. The van der Waals surface area contributed by atoms with Gasteiger partial charge in [0.25, 0.3) is 0 Å². The molecule has 19 heavy (non-hydrogen) atoms. The normalized spacial score (nSPS) is 10.3. The van der Waals surface area contributed by atoms with Gasteiger partial charge >= 0.3 is 0 Å². The molecule has 0 aliphatic carbocycles. The van der Waals surface area contributed by atoms with E-state index in [0.717, 1.165) is 21.9 Å². The van der Waals surface area contributed by atoms with E-state index < -0.39 is 0 Å². The van der Waals surface area contributed by atoms with E-state index in [-0.39, 0.29) is 0 Å². The molecule has 3 nitrogen and oxygen atoms in total. The van der Waals surface area contributed by atoms with Crippen molar-refractivity contribution in [3.63, 3.8) is 0 Å². The van der Waals surface area contributed by atoms with Crippen molar-refractivity contribution in [2.45, 2.75) is 13.8 Å². The largest absolute Gasteiger partial charge is 0.494 e. The predicted molar refractivity (Wildman–Crippen MR) is 81.0 cm³/mol. The molecular weight excluding hydrogens is 262 g/mol. The standard InChI is InChI=1S/C13H10ClNO2.C2H6/c1-16-13-9(15)4-5-10-12(13)8-3-2-7(14)6-11(8)17-10;1-2/h2-6H,15H2,1H3;1-2H3. The number of ether oxygens (including phenoxy) is 1. The SMILES string of the molecule is CC.COc1c(N)ccc2oc3cc(Cl)ccc3c12. The summed E-state index contributed by atoms with van der Waals surface area (Å²) in [5.74, 6) is 0.642. The Morgan fingerprint density at radius 1 is 1.11 bits per heavy atom. The lowest BCUT2D eigenvalue weighted by atomic mass is 10.1.